The van der Waals surface area contributed by atoms with E-state index in [1.165, 1.54) is 65.8 Å². The first-order chi connectivity index (χ1) is 17.3. The van der Waals surface area contributed by atoms with Crippen molar-refractivity contribution in [3.05, 3.63) is 70.5 Å². The largest absolute Gasteiger partial charge is 0.342 e. The van der Waals surface area contributed by atoms with Gasteiger partial charge < -0.3 is 4.98 Å². The zero-order chi connectivity index (χ0) is 25.1. The van der Waals surface area contributed by atoms with E-state index >= 15 is 0 Å². The Balaban J connectivity index is 1.47. The molecule has 3 aromatic carbocycles. The van der Waals surface area contributed by atoms with Crippen molar-refractivity contribution in [3.63, 3.8) is 0 Å². The molecule has 1 aliphatic rings. The number of H-pyrrole nitrogens is 1. The Labute approximate surface area is 217 Å². The van der Waals surface area contributed by atoms with E-state index in [1.54, 1.807) is 0 Å². The molecule has 4 heteroatoms. The zero-order valence-electron chi connectivity index (χ0n) is 22.0. The number of fused-ring (bicyclic) bond motifs is 6. The summed E-state index contributed by atoms with van der Waals surface area (Å²) >= 11 is 1.82. The number of hydrogen-bond donors (Lipinski definition) is 1. The molecule has 6 rings (SSSR count). The number of aliphatic imine (C=N–C) groups is 1. The van der Waals surface area contributed by atoms with Gasteiger partial charge in [-0.3, -0.25) is 4.99 Å². The summed E-state index contributed by atoms with van der Waals surface area (Å²) in [5.74, 6) is 1.94. The van der Waals surface area contributed by atoms with Crippen LogP contribution in [0.4, 0.5) is 5.69 Å². The van der Waals surface area contributed by atoms with Gasteiger partial charge in [-0.1, -0.05) is 58.0 Å². The fourth-order valence-electron chi connectivity index (χ4n) is 5.31. The van der Waals surface area contributed by atoms with Gasteiger partial charge in [0.25, 0.3) is 0 Å². The number of hydrogen-bond acceptors (Lipinski definition) is 3. The molecule has 2 aromatic heterocycles. The molecule has 0 radical (unpaired) electrons. The van der Waals surface area contributed by atoms with Crippen molar-refractivity contribution in [2.45, 2.75) is 60.3 Å². The summed E-state index contributed by atoms with van der Waals surface area (Å²) in [4.78, 5) is 13.6. The van der Waals surface area contributed by atoms with Crippen LogP contribution in [0, 0.1) is 12.8 Å². The van der Waals surface area contributed by atoms with E-state index in [-0.39, 0.29) is 0 Å². The second kappa shape index (κ2) is 8.70. The molecule has 0 spiro atoms. The molecule has 1 N–H and O–H groups in total. The first-order valence-electron chi connectivity index (χ1n) is 13.0. The zero-order valence-corrected chi connectivity index (χ0v) is 22.8. The SMILES string of the molecule is C/C(=N\c1c(C)c2ccc(-c3ccc4c(c3)CCc3nc(C(C)C)[nH]c3-4)cc2c2sccc12)C(C)C. The Kier molecular flexibility index (Phi) is 5.60. The lowest BCUT2D eigenvalue weighted by atomic mass is 9.89. The Hall–Kier alpha value is -3.24. The van der Waals surface area contributed by atoms with Crippen molar-refractivity contribution in [1.29, 1.82) is 0 Å². The highest BCUT2D eigenvalue weighted by atomic mass is 32.1. The molecular weight excluding hydrogens is 458 g/mol. The third-order valence-corrected chi connectivity index (χ3v) is 8.70. The van der Waals surface area contributed by atoms with Crippen molar-refractivity contribution in [2.24, 2.45) is 10.9 Å². The molecule has 182 valence electrons. The third kappa shape index (κ3) is 3.70. The summed E-state index contributed by atoms with van der Waals surface area (Å²) in [5, 5.41) is 6.09. The van der Waals surface area contributed by atoms with Crippen molar-refractivity contribution >= 4 is 43.6 Å². The van der Waals surface area contributed by atoms with E-state index in [0.717, 1.165) is 24.4 Å². The van der Waals surface area contributed by atoms with Gasteiger partial charge in [0.2, 0.25) is 0 Å². The second-order valence-electron chi connectivity index (χ2n) is 10.8. The summed E-state index contributed by atoms with van der Waals surface area (Å²) in [6.45, 7) is 13.2. The molecule has 0 atom stereocenters. The summed E-state index contributed by atoms with van der Waals surface area (Å²) in [7, 11) is 0. The summed E-state index contributed by atoms with van der Waals surface area (Å²) in [6, 6.07) is 16.1. The second-order valence-corrected chi connectivity index (χ2v) is 11.7. The molecule has 1 aliphatic carbocycles. The fourth-order valence-corrected chi connectivity index (χ4v) is 6.23. The number of aryl methyl sites for hydroxylation is 3. The molecule has 5 aromatic rings. The predicted molar refractivity (Wildman–Crippen MR) is 156 cm³/mol. The van der Waals surface area contributed by atoms with Crippen LogP contribution in [0.5, 0.6) is 0 Å². The summed E-state index contributed by atoms with van der Waals surface area (Å²) in [6.07, 6.45) is 2.04. The van der Waals surface area contributed by atoms with Gasteiger partial charge in [-0.2, -0.15) is 0 Å². The van der Waals surface area contributed by atoms with E-state index < -0.39 is 0 Å². The lowest BCUT2D eigenvalue weighted by molar-refractivity contribution is 0.787. The maximum atomic E-state index is 5.08. The van der Waals surface area contributed by atoms with Gasteiger partial charge in [0.05, 0.1) is 17.1 Å². The van der Waals surface area contributed by atoms with Gasteiger partial charge in [-0.05, 0) is 77.8 Å². The average molecular weight is 492 g/mol. The fraction of sp³-hybridized carbons (Fsp3) is 0.312. The predicted octanol–water partition coefficient (Wildman–Crippen LogP) is 9.39. The highest BCUT2D eigenvalue weighted by molar-refractivity contribution is 7.18. The monoisotopic (exact) mass is 491 g/mol. The third-order valence-electron chi connectivity index (χ3n) is 7.75. The number of aromatic nitrogens is 2. The highest BCUT2D eigenvalue weighted by Crippen LogP contribution is 2.43. The van der Waals surface area contributed by atoms with Crippen LogP contribution in [-0.4, -0.2) is 15.7 Å². The molecule has 2 heterocycles. The quantitative estimate of drug-likeness (QED) is 0.250. The Morgan fingerprint density at radius 3 is 2.50 bits per heavy atom. The number of nitrogens with zero attached hydrogens (tertiary/aromatic N) is 2. The maximum absolute atomic E-state index is 5.08. The van der Waals surface area contributed by atoms with Crippen LogP contribution in [-0.2, 0) is 12.8 Å². The molecular formula is C32H33N3S. The number of aromatic amines is 1. The van der Waals surface area contributed by atoms with Gasteiger partial charge in [0.15, 0.2) is 0 Å². The molecule has 36 heavy (non-hydrogen) atoms. The summed E-state index contributed by atoms with van der Waals surface area (Å²) < 4.78 is 1.33. The number of imidazole rings is 1. The van der Waals surface area contributed by atoms with Crippen LogP contribution in [0.3, 0.4) is 0 Å². The molecule has 0 saturated heterocycles. The van der Waals surface area contributed by atoms with Gasteiger partial charge in [-0.15, -0.1) is 11.3 Å². The molecule has 0 bridgehead atoms. The van der Waals surface area contributed by atoms with Crippen molar-refractivity contribution in [2.75, 3.05) is 0 Å². The van der Waals surface area contributed by atoms with Crippen LogP contribution in [0.25, 0.3) is 43.2 Å². The van der Waals surface area contributed by atoms with E-state index in [9.17, 15) is 0 Å². The topological polar surface area (TPSA) is 41.0 Å². The van der Waals surface area contributed by atoms with Crippen molar-refractivity contribution < 1.29 is 0 Å². The Morgan fingerprint density at radius 2 is 1.72 bits per heavy atom. The normalized spacial score (nSPS) is 13.7. The first-order valence-corrected chi connectivity index (χ1v) is 13.9. The molecule has 0 saturated carbocycles. The molecule has 3 nitrogen and oxygen atoms in total. The van der Waals surface area contributed by atoms with Crippen LogP contribution in [0.1, 0.15) is 63.2 Å². The van der Waals surface area contributed by atoms with Gasteiger partial charge in [0, 0.05) is 32.7 Å². The number of nitrogens with one attached hydrogen (secondary N) is 1. The minimum absolute atomic E-state index is 0.411. The number of benzene rings is 3. The molecule has 0 aliphatic heterocycles. The van der Waals surface area contributed by atoms with Crippen LogP contribution in [0.2, 0.25) is 0 Å². The minimum atomic E-state index is 0.411. The van der Waals surface area contributed by atoms with Crippen LogP contribution >= 0.6 is 11.3 Å². The first kappa shape index (κ1) is 23.2. The molecule has 0 unspecified atom stereocenters. The maximum Gasteiger partial charge on any atom is 0.109 e. The van der Waals surface area contributed by atoms with E-state index in [0.29, 0.717) is 11.8 Å². The number of thiophene rings is 1. The minimum Gasteiger partial charge on any atom is -0.342 e. The van der Waals surface area contributed by atoms with E-state index in [2.05, 4.69) is 94.4 Å². The number of rotatable bonds is 4. The highest BCUT2D eigenvalue weighted by Gasteiger charge is 2.22. The Bertz CT molecular complexity index is 1660. The van der Waals surface area contributed by atoms with Gasteiger partial charge >= 0.3 is 0 Å². The van der Waals surface area contributed by atoms with Crippen molar-refractivity contribution in [3.8, 4) is 22.4 Å². The summed E-state index contributed by atoms with van der Waals surface area (Å²) in [5.41, 5.74) is 11.3. The average Bonchev–Trinajstić information content (AvgIpc) is 3.53. The Morgan fingerprint density at radius 1 is 0.944 bits per heavy atom. The molecule has 0 fully saturated rings. The van der Waals surface area contributed by atoms with E-state index in [1.807, 2.05) is 11.3 Å². The van der Waals surface area contributed by atoms with E-state index in [4.69, 9.17) is 9.98 Å². The molecule has 0 amide bonds. The lowest BCUT2D eigenvalue weighted by Crippen LogP contribution is -2.03. The standard InChI is InChI=1S/C32H33N3S/c1-17(2)20(6)33-29-19(5)24-10-7-22(16-27(24)31-26(29)13-14-36-31)21-8-11-25-23(15-21)9-12-28-30(25)35-32(34-28)18(3)4/h7-8,10-11,13-18H,9,12H2,1-6H3,(H,34,35)/b33-20+. The van der Waals surface area contributed by atoms with Crippen LogP contribution < -0.4 is 0 Å². The van der Waals surface area contributed by atoms with Gasteiger partial charge in [0.1, 0.15) is 5.82 Å². The van der Waals surface area contributed by atoms with Crippen LogP contribution in [0.15, 0.2) is 52.8 Å². The van der Waals surface area contributed by atoms with Crippen molar-refractivity contribution in [1.82, 2.24) is 9.97 Å². The smallest absolute Gasteiger partial charge is 0.109 e. The van der Waals surface area contributed by atoms with Gasteiger partial charge in [-0.25, -0.2) is 4.98 Å². The lowest BCUT2D eigenvalue weighted by Gasteiger charge is -2.17.